The lowest BCUT2D eigenvalue weighted by molar-refractivity contribution is 0.114. The Morgan fingerprint density at radius 1 is 1.00 bits per heavy atom. The number of aliphatic hydroxyl groups is 1. The minimum absolute atomic E-state index is 0.00472. The van der Waals surface area contributed by atoms with E-state index in [4.69, 9.17) is 5.73 Å². The molecule has 0 spiro atoms. The zero-order valence-corrected chi connectivity index (χ0v) is 10.6. The summed E-state index contributed by atoms with van der Waals surface area (Å²) in [7, 11) is 0. The van der Waals surface area contributed by atoms with Crippen LogP contribution in [0.1, 0.15) is 65.2 Å². The number of unbranched alkanes of at least 4 members (excludes halogenated alkanes) is 5. The molecule has 0 amide bonds. The van der Waals surface area contributed by atoms with E-state index in [-0.39, 0.29) is 12.0 Å². The molecule has 3 N–H and O–H groups in total. The van der Waals surface area contributed by atoms with E-state index in [2.05, 4.69) is 13.8 Å². The fraction of sp³-hybridized carbons (Fsp3) is 1.00. The normalized spacial score (nSPS) is 15.2. The van der Waals surface area contributed by atoms with Gasteiger partial charge >= 0.3 is 0 Å². The minimum atomic E-state index is 0.00472. The van der Waals surface area contributed by atoms with E-state index in [0.29, 0.717) is 6.54 Å². The van der Waals surface area contributed by atoms with E-state index < -0.39 is 0 Å². The summed E-state index contributed by atoms with van der Waals surface area (Å²) in [5.74, 6) is 0. The van der Waals surface area contributed by atoms with Crippen molar-refractivity contribution in [3.8, 4) is 0 Å². The summed E-state index contributed by atoms with van der Waals surface area (Å²) in [5, 5.41) is 9.34. The zero-order valence-electron chi connectivity index (χ0n) is 10.6. The van der Waals surface area contributed by atoms with E-state index in [1.54, 1.807) is 0 Å². The molecule has 1 unspecified atom stereocenters. The third-order valence-corrected chi connectivity index (χ3v) is 3.58. The standard InChI is InChI=1S/C13H29NO/c1-3-5-6-7-8-9-10-13(4-2,11-14)12-15/h15H,3-12,14H2,1-2H3. The average Bonchev–Trinajstić information content (AvgIpc) is 2.29. The second-order valence-corrected chi connectivity index (χ2v) is 4.73. The van der Waals surface area contributed by atoms with Crippen molar-refractivity contribution in [1.29, 1.82) is 0 Å². The first-order chi connectivity index (χ1) is 7.24. The third kappa shape index (κ3) is 6.16. The number of nitrogens with two attached hydrogens (primary N) is 1. The minimum Gasteiger partial charge on any atom is -0.396 e. The van der Waals surface area contributed by atoms with Gasteiger partial charge in [0.25, 0.3) is 0 Å². The molecular weight excluding hydrogens is 186 g/mol. The smallest absolute Gasteiger partial charge is 0.0499 e. The lowest BCUT2D eigenvalue weighted by Crippen LogP contribution is -2.33. The van der Waals surface area contributed by atoms with E-state index in [0.717, 1.165) is 12.8 Å². The molecule has 0 rings (SSSR count). The Morgan fingerprint density at radius 3 is 2.07 bits per heavy atom. The van der Waals surface area contributed by atoms with Crippen molar-refractivity contribution in [3.05, 3.63) is 0 Å². The predicted octanol–water partition coefficient (Wildman–Crippen LogP) is 3.08. The quantitative estimate of drug-likeness (QED) is 0.550. The molecule has 15 heavy (non-hydrogen) atoms. The van der Waals surface area contributed by atoms with Crippen molar-refractivity contribution in [2.45, 2.75) is 65.2 Å². The van der Waals surface area contributed by atoms with Crippen molar-refractivity contribution < 1.29 is 5.11 Å². The summed E-state index contributed by atoms with van der Waals surface area (Å²) >= 11 is 0. The van der Waals surface area contributed by atoms with Crippen LogP contribution >= 0.6 is 0 Å². The highest BCUT2D eigenvalue weighted by Gasteiger charge is 2.24. The fourth-order valence-electron chi connectivity index (χ4n) is 1.96. The van der Waals surface area contributed by atoms with Gasteiger partial charge in [-0.2, -0.15) is 0 Å². The van der Waals surface area contributed by atoms with Crippen LogP contribution in [0, 0.1) is 5.41 Å². The van der Waals surface area contributed by atoms with Gasteiger partial charge in [0.1, 0.15) is 0 Å². The molecule has 0 aliphatic carbocycles. The molecule has 0 bridgehead atoms. The van der Waals surface area contributed by atoms with Gasteiger partial charge < -0.3 is 10.8 Å². The molecule has 0 aromatic carbocycles. The van der Waals surface area contributed by atoms with Gasteiger partial charge in [-0.15, -0.1) is 0 Å². The van der Waals surface area contributed by atoms with Crippen molar-refractivity contribution in [3.63, 3.8) is 0 Å². The van der Waals surface area contributed by atoms with Crippen LogP contribution in [0.25, 0.3) is 0 Å². The van der Waals surface area contributed by atoms with Crippen molar-refractivity contribution >= 4 is 0 Å². The molecule has 1 atom stereocenters. The fourth-order valence-corrected chi connectivity index (χ4v) is 1.96. The number of aliphatic hydroxyl groups excluding tert-OH is 1. The molecule has 2 nitrogen and oxygen atoms in total. The Kier molecular flexibility index (Phi) is 9.12. The zero-order chi connectivity index (χ0) is 11.6. The Labute approximate surface area is 95.3 Å². The predicted molar refractivity (Wildman–Crippen MR) is 66.9 cm³/mol. The van der Waals surface area contributed by atoms with Crippen LogP contribution in [-0.2, 0) is 0 Å². The summed E-state index contributed by atoms with van der Waals surface area (Å²) in [6.07, 6.45) is 9.95. The number of hydrogen-bond acceptors (Lipinski definition) is 2. The van der Waals surface area contributed by atoms with Gasteiger partial charge in [-0.05, 0) is 12.8 Å². The Hall–Kier alpha value is -0.0800. The molecule has 0 aliphatic heterocycles. The lowest BCUT2D eigenvalue weighted by atomic mass is 9.81. The van der Waals surface area contributed by atoms with E-state index >= 15 is 0 Å². The number of rotatable bonds is 10. The van der Waals surface area contributed by atoms with E-state index in [9.17, 15) is 5.11 Å². The molecule has 0 aromatic rings. The van der Waals surface area contributed by atoms with Crippen LogP contribution in [0.4, 0.5) is 0 Å². The second kappa shape index (κ2) is 9.17. The van der Waals surface area contributed by atoms with Crippen LogP contribution < -0.4 is 5.73 Å². The maximum absolute atomic E-state index is 9.34. The molecule has 0 heterocycles. The van der Waals surface area contributed by atoms with Gasteiger partial charge in [0.2, 0.25) is 0 Å². The first-order valence-corrected chi connectivity index (χ1v) is 6.55. The number of hydrogen-bond donors (Lipinski definition) is 2. The Bertz CT molecular complexity index is 124. The Balaban J connectivity index is 3.54. The molecule has 0 aliphatic rings. The highest BCUT2D eigenvalue weighted by molar-refractivity contribution is 4.77. The first-order valence-electron chi connectivity index (χ1n) is 6.55. The van der Waals surface area contributed by atoms with Crippen molar-refractivity contribution in [2.75, 3.05) is 13.2 Å². The topological polar surface area (TPSA) is 46.2 Å². The van der Waals surface area contributed by atoms with Gasteiger partial charge in [-0.3, -0.25) is 0 Å². The average molecular weight is 215 g/mol. The monoisotopic (exact) mass is 215 g/mol. The first kappa shape index (κ1) is 14.9. The SMILES string of the molecule is CCCCCCCCC(CC)(CN)CO. The van der Waals surface area contributed by atoms with Gasteiger partial charge in [0.05, 0.1) is 0 Å². The van der Waals surface area contributed by atoms with Crippen LogP contribution in [0.2, 0.25) is 0 Å². The third-order valence-electron chi connectivity index (χ3n) is 3.58. The summed E-state index contributed by atoms with van der Waals surface area (Å²) in [5.41, 5.74) is 5.74. The van der Waals surface area contributed by atoms with E-state index in [1.165, 1.54) is 38.5 Å². The second-order valence-electron chi connectivity index (χ2n) is 4.73. The molecular formula is C13H29NO. The summed E-state index contributed by atoms with van der Waals surface area (Å²) in [6.45, 7) is 5.23. The summed E-state index contributed by atoms with van der Waals surface area (Å²) in [4.78, 5) is 0. The van der Waals surface area contributed by atoms with Gasteiger partial charge in [-0.1, -0.05) is 52.4 Å². The van der Waals surface area contributed by atoms with Gasteiger partial charge in [0.15, 0.2) is 0 Å². The lowest BCUT2D eigenvalue weighted by Gasteiger charge is -2.29. The molecule has 0 aromatic heterocycles. The largest absolute Gasteiger partial charge is 0.396 e. The van der Waals surface area contributed by atoms with Gasteiger partial charge in [0, 0.05) is 18.6 Å². The van der Waals surface area contributed by atoms with Crippen LogP contribution in [-0.4, -0.2) is 18.3 Å². The van der Waals surface area contributed by atoms with Gasteiger partial charge in [-0.25, -0.2) is 0 Å². The van der Waals surface area contributed by atoms with Crippen molar-refractivity contribution in [2.24, 2.45) is 11.1 Å². The summed E-state index contributed by atoms with van der Waals surface area (Å²) in [6, 6.07) is 0. The van der Waals surface area contributed by atoms with Crippen LogP contribution in [0.15, 0.2) is 0 Å². The maximum atomic E-state index is 9.34. The van der Waals surface area contributed by atoms with E-state index in [1.807, 2.05) is 0 Å². The molecule has 2 heteroatoms. The maximum Gasteiger partial charge on any atom is 0.0499 e. The van der Waals surface area contributed by atoms with Crippen molar-refractivity contribution in [1.82, 2.24) is 0 Å². The van der Waals surface area contributed by atoms with Crippen LogP contribution in [0.3, 0.4) is 0 Å². The summed E-state index contributed by atoms with van der Waals surface area (Å²) < 4.78 is 0. The molecule has 92 valence electrons. The Morgan fingerprint density at radius 2 is 1.60 bits per heavy atom. The molecule has 0 fully saturated rings. The molecule has 0 saturated heterocycles. The molecule has 0 saturated carbocycles. The van der Waals surface area contributed by atoms with Crippen LogP contribution in [0.5, 0.6) is 0 Å². The molecule has 0 radical (unpaired) electrons. The highest BCUT2D eigenvalue weighted by Crippen LogP contribution is 2.27. The highest BCUT2D eigenvalue weighted by atomic mass is 16.3.